The molecule has 1 atom stereocenters. The van der Waals surface area contributed by atoms with E-state index in [4.69, 9.17) is 4.74 Å². The average Bonchev–Trinajstić information content (AvgIpc) is 2.62. The number of nitrogens with one attached hydrogen (secondary N) is 2. The van der Waals surface area contributed by atoms with E-state index < -0.39 is 6.10 Å². The molecule has 4 nitrogen and oxygen atoms in total. The maximum absolute atomic E-state index is 12.3. The van der Waals surface area contributed by atoms with Crippen LogP contribution in [0.5, 0.6) is 5.75 Å². The Hall–Kier alpha value is -2.49. The van der Waals surface area contributed by atoms with E-state index in [0.717, 1.165) is 35.5 Å². The molecule has 1 unspecified atom stereocenters. The van der Waals surface area contributed by atoms with E-state index in [-0.39, 0.29) is 5.91 Å². The number of anilines is 1. The van der Waals surface area contributed by atoms with E-state index in [2.05, 4.69) is 36.6 Å². The van der Waals surface area contributed by atoms with Crippen molar-refractivity contribution in [3.05, 3.63) is 59.7 Å². The van der Waals surface area contributed by atoms with Crippen LogP contribution in [0.15, 0.2) is 48.5 Å². The predicted molar refractivity (Wildman–Crippen MR) is 108 cm³/mol. The van der Waals surface area contributed by atoms with Gasteiger partial charge in [0.25, 0.3) is 5.91 Å². The first-order chi connectivity index (χ1) is 12.5. The topological polar surface area (TPSA) is 50.4 Å². The SMILES string of the molecule is Cc1ccc(C(C)C)c(OC(C)C(=O)NCCCNc2ccccc2)c1. The van der Waals surface area contributed by atoms with Crippen molar-refractivity contribution in [3.8, 4) is 5.75 Å². The third kappa shape index (κ3) is 6.10. The quantitative estimate of drug-likeness (QED) is 0.652. The zero-order valence-electron chi connectivity index (χ0n) is 16.2. The molecule has 0 saturated heterocycles. The first kappa shape index (κ1) is 19.8. The monoisotopic (exact) mass is 354 g/mol. The Morgan fingerprint density at radius 2 is 1.77 bits per heavy atom. The zero-order valence-corrected chi connectivity index (χ0v) is 16.2. The Balaban J connectivity index is 1.76. The molecule has 0 heterocycles. The minimum absolute atomic E-state index is 0.0825. The van der Waals surface area contributed by atoms with Gasteiger partial charge in [0.1, 0.15) is 5.75 Å². The van der Waals surface area contributed by atoms with Crippen LogP contribution in [0.4, 0.5) is 5.69 Å². The highest BCUT2D eigenvalue weighted by molar-refractivity contribution is 5.80. The first-order valence-electron chi connectivity index (χ1n) is 9.31. The predicted octanol–water partition coefficient (Wildman–Crippen LogP) is 4.50. The van der Waals surface area contributed by atoms with Crippen molar-refractivity contribution >= 4 is 11.6 Å². The molecule has 0 aromatic heterocycles. The molecule has 0 aliphatic rings. The summed E-state index contributed by atoms with van der Waals surface area (Å²) in [6, 6.07) is 16.2. The van der Waals surface area contributed by atoms with E-state index in [0.29, 0.717) is 12.5 Å². The fourth-order valence-corrected chi connectivity index (χ4v) is 2.70. The highest BCUT2D eigenvalue weighted by Gasteiger charge is 2.17. The molecule has 2 rings (SSSR count). The molecule has 0 spiro atoms. The molecule has 2 aromatic carbocycles. The second-order valence-electron chi connectivity index (χ2n) is 6.89. The van der Waals surface area contributed by atoms with Crippen LogP contribution in [-0.4, -0.2) is 25.1 Å². The molecule has 0 aliphatic carbocycles. The van der Waals surface area contributed by atoms with Gasteiger partial charge in [-0.15, -0.1) is 0 Å². The zero-order chi connectivity index (χ0) is 18.9. The number of hydrogen-bond donors (Lipinski definition) is 2. The molecule has 0 bridgehead atoms. The van der Waals surface area contributed by atoms with Crippen LogP contribution in [0.3, 0.4) is 0 Å². The van der Waals surface area contributed by atoms with Crippen molar-refractivity contribution < 1.29 is 9.53 Å². The van der Waals surface area contributed by atoms with Crippen LogP contribution < -0.4 is 15.4 Å². The summed E-state index contributed by atoms with van der Waals surface area (Å²) in [5, 5.41) is 6.28. The first-order valence-corrected chi connectivity index (χ1v) is 9.31. The number of rotatable bonds is 9. The average molecular weight is 354 g/mol. The van der Waals surface area contributed by atoms with Crippen molar-refractivity contribution in [2.75, 3.05) is 18.4 Å². The molecule has 0 radical (unpaired) electrons. The lowest BCUT2D eigenvalue weighted by molar-refractivity contribution is -0.127. The molecule has 2 aromatic rings. The Morgan fingerprint density at radius 3 is 2.46 bits per heavy atom. The molecular formula is C22H30N2O2. The molecule has 26 heavy (non-hydrogen) atoms. The summed E-state index contributed by atoms with van der Waals surface area (Å²) in [5.74, 6) is 1.07. The molecule has 0 aliphatic heterocycles. The summed E-state index contributed by atoms with van der Waals surface area (Å²) in [4.78, 5) is 12.3. The van der Waals surface area contributed by atoms with Crippen LogP contribution in [0.2, 0.25) is 0 Å². The molecule has 0 saturated carbocycles. The number of aryl methyl sites for hydroxylation is 1. The van der Waals surface area contributed by atoms with Crippen molar-refractivity contribution in [3.63, 3.8) is 0 Å². The minimum Gasteiger partial charge on any atom is -0.481 e. The molecular weight excluding hydrogens is 324 g/mol. The van der Waals surface area contributed by atoms with E-state index in [1.54, 1.807) is 6.92 Å². The van der Waals surface area contributed by atoms with Gasteiger partial charge >= 0.3 is 0 Å². The van der Waals surface area contributed by atoms with Gasteiger partial charge < -0.3 is 15.4 Å². The Morgan fingerprint density at radius 1 is 1.04 bits per heavy atom. The van der Waals surface area contributed by atoms with Gasteiger partial charge in [-0.1, -0.05) is 44.2 Å². The summed E-state index contributed by atoms with van der Waals surface area (Å²) < 4.78 is 5.95. The van der Waals surface area contributed by atoms with Crippen LogP contribution >= 0.6 is 0 Å². The highest BCUT2D eigenvalue weighted by Crippen LogP contribution is 2.28. The summed E-state index contributed by atoms with van der Waals surface area (Å²) in [6.45, 7) is 9.52. The Bertz CT molecular complexity index is 699. The molecule has 140 valence electrons. The van der Waals surface area contributed by atoms with E-state index >= 15 is 0 Å². The summed E-state index contributed by atoms with van der Waals surface area (Å²) in [6.07, 6.45) is 0.339. The smallest absolute Gasteiger partial charge is 0.260 e. The van der Waals surface area contributed by atoms with Gasteiger partial charge in [0.15, 0.2) is 6.10 Å². The molecule has 2 N–H and O–H groups in total. The normalized spacial score (nSPS) is 11.9. The number of para-hydroxylation sites is 1. The van der Waals surface area contributed by atoms with Gasteiger partial charge in [-0.2, -0.15) is 0 Å². The largest absolute Gasteiger partial charge is 0.481 e. The Labute approximate surface area is 157 Å². The van der Waals surface area contributed by atoms with Gasteiger partial charge in [-0.05, 0) is 55.5 Å². The van der Waals surface area contributed by atoms with E-state index in [1.807, 2.05) is 43.3 Å². The maximum Gasteiger partial charge on any atom is 0.260 e. The van der Waals surface area contributed by atoms with Crippen molar-refractivity contribution in [1.82, 2.24) is 5.32 Å². The van der Waals surface area contributed by atoms with Gasteiger partial charge in [0, 0.05) is 18.8 Å². The lowest BCUT2D eigenvalue weighted by Crippen LogP contribution is -2.37. The minimum atomic E-state index is -0.517. The lowest BCUT2D eigenvalue weighted by atomic mass is 10.0. The number of benzene rings is 2. The summed E-state index contributed by atoms with van der Waals surface area (Å²) >= 11 is 0. The lowest BCUT2D eigenvalue weighted by Gasteiger charge is -2.19. The second kappa shape index (κ2) is 9.85. The summed E-state index contributed by atoms with van der Waals surface area (Å²) in [7, 11) is 0. The second-order valence-corrected chi connectivity index (χ2v) is 6.89. The number of carbonyl (C=O) groups is 1. The van der Waals surface area contributed by atoms with Crippen LogP contribution in [0, 0.1) is 6.92 Å². The van der Waals surface area contributed by atoms with Gasteiger partial charge in [0.2, 0.25) is 0 Å². The van der Waals surface area contributed by atoms with Crippen molar-refractivity contribution in [2.45, 2.75) is 46.1 Å². The fourth-order valence-electron chi connectivity index (χ4n) is 2.70. The van der Waals surface area contributed by atoms with Crippen molar-refractivity contribution in [2.24, 2.45) is 0 Å². The molecule has 4 heteroatoms. The van der Waals surface area contributed by atoms with E-state index in [1.165, 1.54) is 0 Å². The number of ether oxygens (including phenoxy) is 1. The number of carbonyl (C=O) groups excluding carboxylic acids is 1. The third-order valence-electron chi connectivity index (χ3n) is 4.22. The van der Waals surface area contributed by atoms with Gasteiger partial charge in [-0.25, -0.2) is 0 Å². The maximum atomic E-state index is 12.3. The van der Waals surface area contributed by atoms with Crippen LogP contribution in [-0.2, 0) is 4.79 Å². The Kier molecular flexibility index (Phi) is 7.52. The third-order valence-corrected chi connectivity index (χ3v) is 4.22. The summed E-state index contributed by atoms with van der Waals surface area (Å²) in [5.41, 5.74) is 3.35. The van der Waals surface area contributed by atoms with E-state index in [9.17, 15) is 4.79 Å². The van der Waals surface area contributed by atoms with Crippen LogP contribution in [0.25, 0.3) is 0 Å². The highest BCUT2D eigenvalue weighted by atomic mass is 16.5. The van der Waals surface area contributed by atoms with Gasteiger partial charge in [0.05, 0.1) is 0 Å². The number of amides is 1. The van der Waals surface area contributed by atoms with Gasteiger partial charge in [-0.3, -0.25) is 4.79 Å². The van der Waals surface area contributed by atoms with Crippen LogP contribution in [0.1, 0.15) is 44.2 Å². The number of hydrogen-bond acceptors (Lipinski definition) is 3. The van der Waals surface area contributed by atoms with Crippen molar-refractivity contribution in [1.29, 1.82) is 0 Å². The molecule has 1 amide bonds. The fraction of sp³-hybridized carbons (Fsp3) is 0.409. The standard InChI is InChI=1S/C22H30N2O2/c1-16(2)20-12-11-17(3)15-21(20)26-18(4)22(25)24-14-8-13-23-19-9-6-5-7-10-19/h5-7,9-12,15-16,18,23H,8,13-14H2,1-4H3,(H,24,25). The molecule has 0 fully saturated rings.